The maximum Gasteiger partial charge on any atom is 0.338 e. The van der Waals surface area contributed by atoms with Crippen molar-refractivity contribution in [2.75, 3.05) is 13.9 Å². The van der Waals surface area contributed by atoms with E-state index in [1.165, 1.54) is 7.11 Å². The fourth-order valence-electron chi connectivity index (χ4n) is 5.01. The van der Waals surface area contributed by atoms with Crippen LogP contribution in [0.3, 0.4) is 0 Å². The molecule has 0 bridgehead atoms. The first-order valence-electron chi connectivity index (χ1n) is 13.5. The molecule has 7 nitrogen and oxygen atoms in total. The van der Waals surface area contributed by atoms with Gasteiger partial charge in [0.2, 0.25) is 6.79 Å². The zero-order valence-electron chi connectivity index (χ0n) is 23.1. The third-order valence-corrected chi connectivity index (χ3v) is 6.86. The fourth-order valence-corrected chi connectivity index (χ4v) is 5.01. The number of rotatable bonds is 8. The molecule has 4 aromatic rings. The smallest absolute Gasteiger partial charge is 0.338 e. The number of carbonyl (C=O) groups is 1. The molecule has 1 atom stereocenters. The molecule has 0 aliphatic carbocycles. The fraction of sp³-hybridized carbons (Fsp3) is 0.206. The molecule has 0 N–H and O–H groups in total. The second-order valence-corrected chi connectivity index (χ2v) is 10.0. The van der Waals surface area contributed by atoms with Gasteiger partial charge >= 0.3 is 5.97 Å². The lowest BCUT2D eigenvalue weighted by Gasteiger charge is -2.31. The number of ether oxygens (including phenoxy) is 6. The van der Waals surface area contributed by atoms with Crippen LogP contribution in [0.2, 0.25) is 0 Å². The molecule has 2 aliphatic rings. The maximum atomic E-state index is 13.5. The van der Waals surface area contributed by atoms with Gasteiger partial charge in [-0.3, -0.25) is 0 Å². The number of methoxy groups -OCH3 is 1. The summed E-state index contributed by atoms with van der Waals surface area (Å²) in [5.74, 6) is 2.77. The van der Waals surface area contributed by atoms with E-state index in [1.807, 2.05) is 105 Å². The topological polar surface area (TPSA) is 72.5 Å². The summed E-state index contributed by atoms with van der Waals surface area (Å²) >= 11 is 0. The van der Waals surface area contributed by atoms with Gasteiger partial charge in [0.25, 0.3) is 0 Å². The van der Waals surface area contributed by atoms with E-state index in [2.05, 4.69) is 0 Å². The van der Waals surface area contributed by atoms with E-state index in [4.69, 9.17) is 28.4 Å². The Morgan fingerprint density at radius 3 is 2.34 bits per heavy atom. The van der Waals surface area contributed by atoms with Crippen molar-refractivity contribution in [2.45, 2.75) is 32.7 Å². The summed E-state index contributed by atoms with van der Waals surface area (Å²) in [5.41, 5.74) is 4.44. The molecule has 0 radical (unpaired) electrons. The summed E-state index contributed by atoms with van der Waals surface area (Å²) in [6, 6.07) is 28.9. The Kier molecular flexibility index (Phi) is 7.25. The van der Waals surface area contributed by atoms with Gasteiger partial charge in [-0.1, -0.05) is 48.5 Å². The summed E-state index contributed by atoms with van der Waals surface area (Å²) in [6.45, 7) is 4.54. The largest absolute Gasteiger partial charge is 0.491 e. The first kappa shape index (κ1) is 26.3. The van der Waals surface area contributed by atoms with Crippen molar-refractivity contribution in [3.63, 3.8) is 0 Å². The Balaban J connectivity index is 1.45. The van der Waals surface area contributed by atoms with Gasteiger partial charge in [-0.15, -0.1) is 0 Å². The van der Waals surface area contributed by atoms with Gasteiger partial charge in [0.05, 0.1) is 18.8 Å². The third-order valence-electron chi connectivity index (χ3n) is 6.86. The van der Waals surface area contributed by atoms with Gasteiger partial charge in [-0.2, -0.15) is 0 Å². The molecule has 0 amide bonds. The second-order valence-electron chi connectivity index (χ2n) is 10.0. The van der Waals surface area contributed by atoms with Crippen LogP contribution in [0.4, 0.5) is 0 Å². The van der Waals surface area contributed by atoms with E-state index in [0.717, 1.165) is 22.3 Å². The summed E-state index contributed by atoms with van der Waals surface area (Å²) in [7, 11) is 1.37. The minimum absolute atomic E-state index is 0.0208. The van der Waals surface area contributed by atoms with Crippen LogP contribution in [0.25, 0.3) is 5.57 Å². The summed E-state index contributed by atoms with van der Waals surface area (Å²) in [5, 5.41) is 0. The van der Waals surface area contributed by atoms with Crippen molar-refractivity contribution in [3.05, 3.63) is 119 Å². The Bertz CT molecular complexity index is 1590. The van der Waals surface area contributed by atoms with Crippen molar-refractivity contribution in [1.29, 1.82) is 0 Å². The Morgan fingerprint density at radius 1 is 0.854 bits per heavy atom. The van der Waals surface area contributed by atoms with Crippen LogP contribution in [0.5, 0.6) is 28.7 Å². The highest BCUT2D eigenvalue weighted by molar-refractivity contribution is 6.04. The molecule has 1 unspecified atom stereocenters. The Morgan fingerprint density at radius 2 is 1.59 bits per heavy atom. The van der Waals surface area contributed by atoms with Crippen LogP contribution < -0.4 is 23.7 Å². The second kappa shape index (κ2) is 11.3. The van der Waals surface area contributed by atoms with Crippen LogP contribution in [0.15, 0.2) is 96.6 Å². The van der Waals surface area contributed by atoms with Gasteiger partial charge in [0.1, 0.15) is 23.9 Å². The molecule has 0 spiro atoms. The Hall–Kier alpha value is -4.91. The van der Waals surface area contributed by atoms with E-state index >= 15 is 0 Å². The Labute approximate surface area is 238 Å². The lowest BCUT2D eigenvalue weighted by Crippen LogP contribution is -2.24. The van der Waals surface area contributed by atoms with Gasteiger partial charge in [0.15, 0.2) is 17.6 Å². The monoisotopic (exact) mass is 550 g/mol. The molecule has 2 heterocycles. The number of benzene rings is 4. The average Bonchev–Trinajstić information content (AvgIpc) is 3.47. The summed E-state index contributed by atoms with van der Waals surface area (Å²) in [4.78, 5) is 13.5. The standard InChI is InChI=1S/C34H30O7/c1-21(2)40-26-14-16-28-27(18-26)31(23-9-12-25(13-10-23)37-19-22-7-5-4-6-8-22)32(34(35)36-3)33(41-28)24-11-15-29-30(17-24)39-20-38-29/h4-18,21,33H,19-20H2,1-3H3. The van der Waals surface area contributed by atoms with Crippen LogP contribution in [-0.4, -0.2) is 26.0 Å². The van der Waals surface area contributed by atoms with Crippen molar-refractivity contribution in [2.24, 2.45) is 0 Å². The lowest BCUT2D eigenvalue weighted by atomic mass is 9.85. The van der Waals surface area contributed by atoms with Crippen LogP contribution >= 0.6 is 0 Å². The minimum atomic E-state index is -0.745. The first-order chi connectivity index (χ1) is 20.0. The molecule has 0 saturated carbocycles. The first-order valence-corrected chi connectivity index (χ1v) is 13.5. The summed E-state index contributed by atoms with van der Waals surface area (Å²) in [6.07, 6.45) is -0.766. The molecule has 0 fully saturated rings. The number of carbonyl (C=O) groups excluding carboxylic acids is 1. The molecule has 208 valence electrons. The predicted octanol–water partition coefficient (Wildman–Crippen LogP) is 6.89. The molecular weight excluding hydrogens is 520 g/mol. The highest BCUT2D eigenvalue weighted by Crippen LogP contribution is 2.48. The van der Waals surface area contributed by atoms with Crippen LogP contribution in [-0.2, 0) is 16.1 Å². The molecule has 0 aromatic heterocycles. The molecule has 7 heteroatoms. The highest BCUT2D eigenvalue weighted by Gasteiger charge is 2.36. The van der Waals surface area contributed by atoms with Crippen molar-refractivity contribution >= 4 is 11.5 Å². The lowest BCUT2D eigenvalue weighted by molar-refractivity contribution is -0.137. The van der Waals surface area contributed by atoms with E-state index < -0.39 is 12.1 Å². The van der Waals surface area contributed by atoms with Gasteiger partial charge < -0.3 is 28.4 Å². The maximum absolute atomic E-state index is 13.5. The van der Waals surface area contributed by atoms with Gasteiger partial charge in [-0.05, 0) is 67.4 Å². The SMILES string of the molecule is COC(=O)C1=C(c2ccc(OCc3ccccc3)cc2)c2cc(OC(C)C)ccc2OC1c1ccc2c(c1)OCO2. The zero-order valence-corrected chi connectivity index (χ0v) is 23.1. The van der Waals surface area contributed by atoms with E-state index in [-0.39, 0.29) is 12.9 Å². The number of esters is 1. The zero-order chi connectivity index (χ0) is 28.3. The number of hydrogen-bond donors (Lipinski definition) is 0. The highest BCUT2D eigenvalue weighted by atomic mass is 16.7. The molecule has 2 aliphatic heterocycles. The predicted molar refractivity (Wildman–Crippen MR) is 153 cm³/mol. The van der Waals surface area contributed by atoms with Gasteiger partial charge in [-0.25, -0.2) is 4.79 Å². The van der Waals surface area contributed by atoms with Crippen molar-refractivity contribution < 1.29 is 33.2 Å². The molecule has 6 rings (SSSR count). The van der Waals surface area contributed by atoms with E-state index in [9.17, 15) is 4.79 Å². The van der Waals surface area contributed by atoms with E-state index in [1.54, 1.807) is 0 Å². The average molecular weight is 551 g/mol. The number of hydrogen-bond acceptors (Lipinski definition) is 7. The number of fused-ring (bicyclic) bond motifs is 2. The van der Waals surface area contributed by atoms with Crippen molar-refractivity contribution in [3.8, 4) is 28.7 Å². The van der Waals surface area contributed by atoms with Crippen LogP contribution in [0, 0.1) is 0 Å². The molecular formula is C34H30O7. The third kappa shape index (κ3) is 5.43. The summed E-state index contributed by atoms with van der Waals surface area (Å²) < 4.78 is 34.9. The minimum Gasteiger partial charge on any atom is -0.491 e. The normalized spacial score (nSPS) is 15.3. The van der Waals surface area contributed by atoms with Gasteiger partial charge in [0, 0.05) is 16.7 Å². The molecule has 41 heavy (non-hydrogen) atoms. The quantitative estimate of drug-likeness (QED) is 0.221. The van der Waals surface area contributed by atoms with Crippen LogP contribution in [0.1, 0.15) is 42.2 Å². The van der Waals surface area contributed by atoms with E-state index in [0.29, 0.717) is 46.5 Å². The molecule has 4 aromatic carbocycles. The molecule has 0 saturated heterocycles. The van der Waals surface area contributed by atoms with Crippen molar-refractivity contribution in [1.82, 2.24) is 0 Å².